The Morgan fingerprint density at radius 2 is 2.12 bits per heavy atom. The fourth-order valence-electron chi connectivity index (χ4n) is 1.59. The summed E-state index contributed by atoms with van der Waals surface area (Å²) >= 11 is 0. The van der Waals surface area contributed by atoms with Crippen LogP contribution >= 0.6 is 0 Å². The van der Waals surface area contributed by atoms with Gasteiger partial charge in [-0.15, -0.1) is 0 Å². The maximum atomic E-state index is 12.2. The van der Waals surface area contributed by atoms with E-state index in [1.54, 1.807) is 14.0 Å². The van der Waals surface area contributed by atoms with Crippen LogP contribution in [0.2, 0.25) is 0 Å². The highest BCUT2D eigenvalue weighted by Crippen LogP contribution is 2.19. The molecule has 100 valence electrons. The second kappa shape index (κ2) is 6.86. The van der Waals surface area contributed by atoms with E-state index in [2.05, 4.69) is 5.32 Å². The maximum absolute atomic E-state index is 12.2. The Kier molecular flexibility index (Phi) is 5.77. The molecule has 0 heterocycles. The molecule has 1 N–H and O–H groups in total. The lowest BCUT2D eigenvalue weighted by Crippen LogP contribution is -2.47. The molecule has 1 saturated carbocycles. The number of halogens is 2. The van der Waals surface area contributed by atoms with Gasteiger partial charge in [0.05, 0.1) is 13.2 Å². The molecule has 1 aliphatic rings. The van der Waals surface area contributed by atoms with Gasteiger partial charge in [-0.2, -0.15) is 0 Å². The Labute approximate surface area is 100 Å². The van der Waals surface area contributed by atoms with Crippen LogP contribution in [-0.2, 0) is 9.53 Å². The smallest absolute Gasteiger partial charge is 0.324 e. The topological polar surface area (TPSA) is 41.6 Å². The van der Waals surface area contributed by atoms with Gasteiger partial charge in [-0.1, -0.05) is 0 Å². The molecule has 6 heteroatoms. The Morgan fingerprint density at radius 3 is 2.59 bits per heavy atom. The molecule has 1 rings (SSSR count). The van der Waals surface area contributed by atoms with E-state index in [9.17, 15) is 13.6 Å². The second-order valence-electron chi connectivity index (χ2n) is 4.36. The number of hydrogen-bond acceptors (Lipinski definition) is 4. The minimum atomic E-state index is -2.39. The highest BCUT2D eigenvalue weighted by molar-refractivity contribution is 5.76. The second-order valence-corrected chi connectivity index (χ2v) is 4.36. The summed E-state index contributed by atoms with van der Waals surface area (Å²) in [7, 11) is 1.58. The van der Waals surface area contributed by atoms with Gasteiger partial charge in [-0.3, -0.25) is 9.69 Å². The normalized spacial score (nSPS) is 17.5. The van der Waals surface area contributed by atoms with Crippen LogP contribution in [0.4, 0.5) is 8.78 Å². The number of rotatable bonds is 8. The van der Waals surface area contributed by atoms with Crippen molar-refractivity contribution in [3.8, 4) is 0 Å². The minimum Gasteiger partial charge on any atom is -0.465 e. The highest BCUT2D eigenvalue weighted by atomic mass is 19.3. The van der Waals surface area contributed by atoms with Crippen LogP contribution in [0.5, 0.6) is 0 Å². The number of nitrogens with zero attached hydrogens (tertiary/aromatic N) is 1. The van der Waals surface area contributed by atoms with Crippen LogP contribution in [0.3, 0.4) is 0 Å². The molecule has 1 atom stereocenters. The molecular formula is C11H20F2N2O2. The predicted molar refractivity (Wildman–Crippen MR) is 60.1 cm³/mol. The Bertz CT molecular complexity index is 248. The van der Waals surface area contributed by atoms with Crippen LogP contribution in [0, 0.1) is 0 Å². The monoisotopic (exact) mass is 250 g/mol. The maximum Gasteiger partial charge on any atom is 0.324 e. The Balaban J connectivity index is 2.40. The molecular weight excluding hydrogens is 230 g/mol. The van der Waals surface area contributed by atoms with E-state index in [1.165, 1.54) is 4.90 Å². The summed E-state index contributed by atoms with van der Waals surface area (Å²) in [6.07, 6.45) is -0.313. The van der Waals surface area contributed by atoms with Crippen molar-refractivity contribution in [1.82, 2.24) is 10.2 Å². The number of carbonyl (C=O) groups excluding carboxylic acids is 1. The lowest BCUT2D eigenvalue weighted by Gasteiger charge is -2.23. The molecule has 0 spiro atoms. The summed E-state index contributed by atoms with van der Waals surface area (Å²) < 4.78 is 29.3. The van der Waals surface area contributed by atoms with Crippen molar-refractivity contribution in [2.45, 2.75) is 38.3 Å². The first-order valence-electron chi connectivity index (χ1n) is 5.92. The van der Waals surface area contributed by atoms with Gasteiger partial charge >= 0.3 is 5.97 Å². The van der Waals surface area contributed by atoms with Gasteiger partial charge in [0.15, 0.2) is 0 Å². The van der Waals surface area contributed by atoms with Gasteiger partial charge < -0.3 is 10.1 Å². The molecule has 1 unspecified atom stereocenters. The predicted octanol–water partition coefficient (Wildman–Crippen LogP) is 0.867. The number of esters is 1. The van der Waals surface area contributed by atoms with E-state index in [1.807, 2.05) is 0 Å². The molecule has 1 fully saturated rings. The van der Waals surface area contributed by atoms with Gasteiger partial charge in [0, 0.05) is 12.6 Å². The summed E-state index contributed by atoms with van der Waals surface area (Å²) in [4.78, 5) is 13.1. The average Bonchev–Trinajstić information content (AvgIpc) is 2.99. The molecule has 17 heavy (non-hydrogen) atoms. The van der Waals surface area contributed by atoms with Crippen molar-refractivity contribution < 1.29 is 18.3 Å². The van der Waals surface area contributed by atoms with Crippen LogP contribution in [0.1, 0.15) is 19.8 Å². The molecule has 0 saturated heterocycles. The van der Waals surface area contributed by atoms with Gasteiger partial charge in [0.1, 0.15) is 6.04 Å². The van der Waals surface area contributed by atoms with E-state index in [-0.39, 0.29) is 19.1 Å². The summed E-state index contributed by atoms with van der Waals surface area (Å²) in [5, 5.41) is 3.12. The summed E-state index contributed by atoms with van der Waals surface area (Å²) in [5.41, 5.74) is 0. The third-order valence-corrected chi connectivity index (χ3v) is 2.53. The number of hydrogen-bond donors (Lipinski definition) is 1. The van der Waals surface area contributed by atoms with E-state index in [4.69, 9.17) is 4.74 Å². The summed E-state index contributed by atoms with van der Waals surface area (Å²) in [6, 6.07) is -0.171. The van der Waals surface area contributed by atoms with Crippen LogP contribution < -0.4 is 5.32 Å². The standard InChI is InChI=1S/C11H20F2N2O2/c1-3-17-11(16)9(14-8-4-5-8)6-15(2)7-10(12)13/h8-10,14H,3-7H2,1-2H3. The quantitative estimate of drug-likeness (QED) is 0.649. The van der Waals surface area contributed by atoms with Crippen molar-refractivity contribution in [1.29, 1.82) is 0 Å². The first kappa shape index (κ1) is 14.3. The third-order valence-electron chi connectivity index (χ3n) is 2.53. The number of alkyl halides is 2. The summed E-state index contributed by atoms with van der Waals surface area (Å²) in [6.45, 7) is 1.96. The van der Waals surface area contributed by atoms with Crippen LogP contribution in [0.25, 0.3) is 0 Å². The van der Waals surface area contributed by atoms with E-state index >= 15 is 0 Å². The lowest BCUT2D eigenvalue weighted by atomic mass is 10.2. The lowest BCUT2D eigenvalue weighted by molar-refractivity contribution is -0.146. The van der Waals surface area contributed by atoms with Crippen molar-refractivity contribution in [3.05, 3.63) is 0 Å². The molecule has 0 bridgehead atoms. The molecule has 0 aromatic carbocycles. The molecule has 0 aromatic heterocycles. The molecule has 0 aromatic rings. The molecule has 0 radical (unpaired) electrons. The Hall–Kier alpha value is -0.750. The van der Waals surface area contributed by atoms with Crippen molar-refractivity contribution in [2.24, 2.45) is 0 Å². The van der Waals surface area contributed by atoms with E-state index in [0.29, 0.717) is 12.6 Å². The van der Waals surface area contributed by atoms with Gasteiger partial charge in [-0.05, 0) is 26.8 Å². The zero-order valence-electron chi connectivity index (χ0n) is 10.3. The zero-order chi connectivity index (χ0) is 12.8. The van der Waals surface area contributed by atoms with Crippen LogP contribution in [-0.4, -0.2) is 56.1 Å². The summed E-state index contributed by atoms with van der Waals surface area (Å²) in [5.74, 6) is -0.361. The van der Waals surface area contributed by atoms with Gasteiger partial charge in [0.25, 0.3) is 6.43 Å². The van der Waals surface area contributed by atoms with Crippen LogP contribution in [0.15, 0.2) is 0 Å². The minimum absolute atomic E-state index is 0.250. The van der Waals surface area contributed by atoms with Gasteiger partial charge in [-0.25, -0.2) is 8.78 Å². The zero-order valence-corrected chi connectivity index (χ0v) is 10.3. The Morgan fingerprint density at radius 1 is 1.47 bits per heavy atom. The third kappa shape index (κ3) is 5.93. The number of carbonyl (C=O) groups is 1. The van der Waals surface area contributed by atoms with Crippen molar-refractivity contribution in [3.63, 3.8) is 0 Å². The van der Waals surface area contributed by atoms with Crippen molar-refractivity contribution >= 4 is 5.97 Å². The largest absolute Gasteiger partial charge is 0.465 e. The first-order valence-corrected chi connectivity index (χ1v) is 5.92. The number of nitrogens with one attached hydrogen (secondary N) is 1. The fourth-order valence-corrected chi connectivity index (χ4v) is 1.59. The van der Waals surface area contributed by atoms with E-state index in [0.717, 1.165) is 12.8 Å². The highest BCUT2D eigenvalue weighted by Gasteiger charge is 2.30. The van der Waals surface area contributed by atoms with Gasteiger partial charge in [0.2, 0.25) is 0 Å². The molecule has 1 aliphatic carbocycles. The molecule has 0 aliphatic heterocycles. The molecule has 4 nitrogen and oxygen atoms in total. The van der Waals surface area contributed by atoms with Crippen molar-refractivity contribution in [2.75, 3.05) is 26.7 Å². The number of ether oxygens (including phenoxy) is 1. The number of likely N-dealkylation sites (N-methyl/N-ethyl adjacent to an activating group) is 1. The molecule has 0 amide bonds. The first-order chi connectivity index (χ1) is 8.02. The fraction of sp³-hybridized carbons (Fsp3) is 0.909. The average molecular weight is 250 g/mol. The van der Waals surface area contributed by atoms with E-state index < -0.39 is 12.5 Å². The SMILES string of the molecule is CCOC(=O)C(CN(C)CC(F)F)NC1CC1.